The van der Waals surface area contributed by atoms with Crippen LogP contribution in [-0.4, -0.2) is 48.6 Å². The van der Waals surface area contributed by atoms with Crippen LogP contribution < -0.4 is 0 Å². The molecule has 0 saturated heterocycles. The normalized spacial score (nSPS) is 16.4. The van der Waals surface area contributed by atoms with Gasteiger partial charge in [0.1, 0.15) is 5.56 Å². The van der Waals surface area contributed by atoms with Gasteiger partial charge in [-0.2, -0.15) is 9.40 Å². The number of carbonyl (C=O) groups excluding carboxylic acids is 1. The number of rotatable bonds is 5. The summed E-state index contributed by atoms with van der Waals surface area (Å²) in [5.41, 5.74) is -0.0481. The molecule has 0 bridgehead atoms. The summed E-state index contributed by atoms with van der Waals surface area (Å²) < 4.78 is 30.9. The Bertz CT molecular complexity index is 562. The number of carbonyl (C=O) groups is 1. The van der Waals surface area contributed by atoms with E-state index < -0.39 is 16.0 Å². The highest BCUT2D eigenvalue weighted by Gasteiger charge is 2.35. The fraction of sp³-hybridized carbons (Fsp3) is 0.636. The maximum atomic E-state index is 12.4. The number of hydrogen-bond acceptors (Lipinski definition) is 5. The van der Waals surface area contributed by atoms with Gasteiger partial charge in [0.05, 0.1) is 12.8 Å². The van der Waals surface area contributed by atoms with Gasteiger partial charge < -0.3 is 4.74 Å². The van der Waals surface area contributed by atoms with Crippen molar-refractivity contribution in [3.8, 4) is 0 Å². The minimum absolute atomic E-state index is 0.00310. The first kappa shape index (κ1) is 14.0. The molecular formula is C11H17N3O4S. The minimum atomic E-state index is -3.74. The summed E-state index contributed by atoms with van der Waals surface area (Å²) in [6.07, 6.45) is 3.90. The lowest BCUT2D eigenvalue weighted by molar-refractivity contribution is 0.0521. The summed E-state index contributed by atoms with van der Waals surface area (Å²) in [5, 5.41) is 5.84. The molecule has 106 valence electrons. The zero-order valence-corrected chi connectivity index (χ0v) is 11.7. The van der Waals surface area contributed by atoms with Crippen LogP contribution in [0.3, 0.4) is 0 Å². The topological polar surface area (TPSA) is 92.4 Å². The molecule has 0 aromatic carbocycles. The number of nitrogens with one attached hydrogen (secondary N) is 1. The Morgan fingerprint density at radius 1 is 1.58 bits per heavy atom. The average Bonchev–Trinajstić information content (AvgIpc) is 2.76. The Hall–Kier alpha value is -1.41. The van der Waals surface area contributed by atoms with Gasteiger partial charge in [-0.05, 0) is 19.8 Å². The van der Waals surface area contributed by atoms with E-state index in [1.807, 2.05) is 0 Å². The fourth-order valence-corrected chi connectivity index (χ4v) is 3.39. The molecule has 0 aliphatic heterocycles. The van der Waals surface area contributed by atoms with Gasteiger partial charge >= 0.3 is 5.97 Å². The summed E-state index contributed by atoms with van der Waals surface area (Å²) in [6, 6.07) is 0.00310. The molecule has 1 N–H and O–H groups in total. The number of aromatic nitrogens is 2. The van der Waals surface area contributed by atoms with Crippen molar-refractivity contribution in [2.45, 2.75) is 37.3 Å². The number of ether oxygens (including phenoxy) is 1. The molecule has 1 saturated carbocycles. The number of aromatic amines is 1. The monoisotopic (exact) mass is 287 g/mol. The number of hydrogen-bond donors (Lipinski definition) is 1. The van der Waals surface area contributed by atoms with Crippen LogP contribution in [0.25, 0.3) is 0 Å². The van der Waals surface area contributed by atoms with Crippen molar-refractivity contribution in [3.05, 3.63) is 11.8 Å². The molecule has 0 atom stereocenters. The summed E-state index contributed by atoms with van der Waals surface area (Å²) in [6.45, 7) is 1.84. The van der Waals surface area contributed by atoms with Crippen molar-refractivity contribution in [1.82, 2.24) is 14.5 Å². The molecule has 1 aliphatic carbocycles. The van der Waals surface area contributed by atoms with Crippen molar-refractivity contribution in [1.29, 1.82) is 0 Å². The second-order valence-corrected chi connectivity index (χ2v) is 6.37. The molecule has 8 heteroatoms. The van der Waals surface area contributed by atoms with E-state index in [1.165, 1.54) is 17.5 Å². The Kier molecular flexibility index (Phi) is 3.91. The van der Waals surface area contributed by atoms with E-state index in [0.29, 0.717) is 0 Å². The molecule has 1 aromatic heterocycles. The van der Waals surface area contributed by atoms with E-state index in [-0.39, 0.29) is 23.2 Å². The van der Waals surface area contributed by atoms with E-state index in [0.717, 1.165) is 19.3 Å². The molecule has 0 spiro atoms. The summed E-state index contributed by atoms with van der Waals surface area (Å²) in [7, 11) is -2.21. The molecule has 7 nitrogen and oxygen atoms in total. The Balaban J connectivity index is 2.30. The molecule has 19 heavy (non-hydrogen) atoms. The highest BCUT2D eigenvalue weighted by Crippen LogP contribution is 2.28. The SMILES string of the molecule is CCOC(=O)c1cn[nH]c1S(=O)(=O)N(C)C1CCC1. The summed E-state index contributed by atoms with van der Waals surface area (Å²) >= 11 is 0. The predicted octanol–water partition coefficient (Wildman–Crippen LogP) is 0.759. The third-order valence-electron chi connectivity index (χ3n) is 3.33. The van der Waals surface area contributed by atoms with Crippen molar-refractivity contribution < 1.29 is 17.9 Å². The van der Waals surface area contributed by atoms with E-state index >= 15 is 0 Å². The average molecular weight is 287 g/mol. The van der Waals surface area contributed by atoms with Gasteiger partial charge in [0.25, 0.3) is 10.0 Å². The number of esters is 1. The summed E-state index contributed by atoms with van der Waals surface area (Å²) in [5.74, 6) is -0.683. The zero-order valence-electron chi connectivity index (χ0n) is 10.9. The van der Waals surface area contributed by atoms with Crippen LogP contribution in [0.15, 0.2) is 11.2 Å². The van der Waals surface area contributed by atoms with Gasteiger partial charge in [-0.15, -0.1) is 0 Å². The molecule has 0 radical (unpaired) electrons. The lowest BCUT2D eigenvalue weighted by atomic mass is 9.94. The molecule has 1 aromatic rings. The lowest BCUT2D eigenvalue weighted by Crippen LogP contribution is -2.41. The van der Waals surface area contributed by atoms with Gasteiger partial charge in [-0.25, -0.2) is 13.2 Å². The predicted molar refractivity (Wildman–Crippen MR) is 67.1 cm³/mol. The van der Waals surface area contributed by atoms with Gasteiger partial charge in [-0.3, -0.25) is 5.10 Å². The van der Waals surface area contributed by atoms with Crippen molar-refractivity contribution in [2.75, 3.05) is 13.7 Å². The van der Waals surface area contributed by atoms with E-state index in [4.69, 9.17) is 4.74 Å². The quantitative estimate of drug-likeness (QED) is 0.807. The molecule has 2 rings (SSSR count). The lowest BCUT2D eigenvalue weighted by Gasteiger charge is -2.33. The molecule has 1 heterocycles. The van der Waals surface area contributed by atoms with E-state index in [1.54, 1.807) is 6.92 Å². The number of nitrogens with zero attached hydrogens (tertiary/aromatic N) is 2. The number of H-pyrrole nitrogens is 1. The zero-order chi connectivity index (χ0) is 14.0. The van der Waals surface area contributed by atoms with Crippen LogP contribution in [0.5, 0.6) is 0 Å². The van der Waals surface area contributed by atoms with Gasteiger partial charge in [-0.1, -0.05) is 6.42 Å². The Morgan fingerprint density at radius 2 is 2.26 bits per heavy atom. The van der Waals surface area contributed by atoms with Crippen LogP contribution >= 0.6 is 0 Å². The molecule has 1 fully saturated rings. The number of sulfonamides is 1. The Morgan fingerprint density at radius 3 is 2.79 bits per heavy atom. The Labute approximate surface area is 112 Å². The largest absolute Gasteiger partial charge is 0.462 e. The van der Waals surface area contributed by atoms with Gasteiger partial charge in [0.2, 0.25) is 0 Å². The highest BCUT2D eigenvalue weighted by atomic mass is 32.2. The first-order valence-corrected chi connectivity index (χ1v) is 7.61. The van der Waals surface area contributed by atoms with Gasteiger partial charge in [0.15, 0.2) is 5.03 Å². The smallest absolute Gasteiger partial charge is 0.342 e. The first-order valence-electron chi connectivity index (χ1n) is 6.17. The van der Waals surface area contributed by atoms with Crippen LogP contribution in [-0.2, 0) is 14.8 Å². The van der Waals surface area contributed by atoms with Crippen molar-refractivity contribution >= 4 is 16.0 Å². The molecular weight excluding hydrogens is 270 g/mol. The van der Waals surface area contributed by atoms with Gasteiger partial charge in [0, 0.05) is 13.1 Å². The molecule has 0 unspecified atom stereocenters. The summed E-state index contributed by atoms with van der Waals surface area (Å²) in [4.78, 5) is 11.7. The first-order chi connectivity index (χ1) is 8.98. The van der Waals surface area contributed by atoms with Crippen molar-refractivity contribution in [2.24, 2.45) is 0 Å². The van der Waals surface area contributed by atoms with Crippen LogP contribution in [0.2, 0.25) is 0 Å². The van der Waals surface area contributed by atoms with Crippen LogP contribution in [0, 0.1) is 0 Å². The maximum absolute atomic E-state index is 12.4. The molecule has 1 aliphatic rings. The molecule has 0 amide bonds. The third-order valence-corrected chi connectivity index (χ3v) is 5.21. The van der Waals surface area contributed by atoms with E-state index in [9.17, 15) is 13.2 Å². The van der Waals surface area contributed by atoms with Crippen LogP contribution in [0.1, 0.15) is 36.5 Å². The van der Waals surface area contributed by atoms with E-state index in [2.05, 4.69) is 10.2 Å². The second-order valence-electron chi connectivity index (χ2n) is 4.44. The second kappa shape index (κ2) is 5.30. The standard InChI is InChI=1S/C11H17N3O4S/c1-3-18-11(15)9-7-12-13-10(9)19(16,17)14(2)8-5-4-6-8/h7-8H,3-6H2,1-2H3,(H,12,13). The maximum Gasteiger partial charge on any atom is 0.342 e. The van der Waals surface area contributed by atoms with Crippen molar-refractivity contribution in [3.63, 3.8) is 0 Å². The van der Waals surface area contributed by atoms with Crippen LogP contribution in [0.4, 0.5) is 0 Å². The minimum Gasteiger partial charge on any atom is -0.462 e. The fourth-order valence-electron chi connectivity index (χ4n) is 1.92. The highest BCUT2D eigenvalue weighted by molar-refractivity contribution is 7.89. The third kappa shape index (κ3) is 2.50.